The fraction of sp³-hybridized carbons (Fsp3) is 0.333. The summed E-state index contributed by atoms with van der Waals surface area (Å²) in [5.41, 5.74) is 3.92. The highest BCUT2D eigenvalue weighted by molar-refractivity contribution is 7.89. The summed E-state index contributed by atoms with van der Waals surface area (Å²) in [5, 5.41) is 7.04. The molecule has 0 spiro atoms. The van der Waals surface area contributed by atoms with Crippen molar-refractivity contribution in [2.75, 3.05) is 7.05 Å². The van der Waals surface area contributed by atoms with Crippen LogP contribution in [0.1, 0.15) is 22.3 Å². The van der Waals surface area contributed by atoms with E-state index in [1.54, 1.807) is 23.5 Å². The lowest BCUT2D eigenvalue weighted by molar-refractivity contribution is 0.580. The van der Waals surface area contributed by atoms with Crippen molar-refractivity contribution in [1.82, 2.24) is 10.0 Å². The van der Waals surface area contributed by atoms with Gasteiger partial charge in [0.2, 0.25) is 10.0 Å². The van der Waals surface area contributed by atoms with Gasteiger partial charge in [0.15, 0.2) is 0 Å². The van der Waals surface area contributed by atoms with E-state index in [9.17, 15) is 8.42 Å². The molecule has 2 N–H and O–H groups in total. The van der Waals surface area contributed by atoms with Gasteiger partial charge in [0.25, 0.3) is 0 Å². The third-order valence-electron chi connectivity index (χ3n) is 3.47. The zero-order chi connectivity index (χ0) is 15.5. The van der Waals surface area contributed by atoms with E-state index in [1.165, 1.54) is 0 Å². The largest absolute Gasteiger partial charge is 0.316 e. The number of rotatable bonds is 6. The van der Waals surface area contributed by atoms with Crippen molar-refractivity contribution in [2.24, 2.45) is 0 Å². The van der Waals surface area contributed by atoms with Crippen LogP contribution >= 0.6 is 11.3 Å². The smallest absolute Gasteiger partial charge is 0.241 e. The Balaban J connectivity index is 2.23. The van der Waals surface area contributed by atoms with Gasteiger partial charge in [-0.1, -0.05) is 12.1 Å². The van der Waals surface area contributed by atoms with Crippen molar-refractivity contribution in [2.45, 2.75) is 31.8 Å². The molecule has 0 aliphatic carbocycles. The van der Waals surface area contributed by atoms with Crippen molar-refractivity contribution in [3.63, 3.8) is 0 Å². The number of thiophene rings is 1. The average Bonchev–Trinajstić information content (AvgIpc) is 2.84. The summed E-state index contributed by atoms with van der Waals surface area (Å²) >= 11 is 1.58. The lowest BCUT2D eigenvalue weighted by Gasteiger charge is -2.12. The molecule has 2 rings (SSSR count). The number of hydrogen-bond donors (Lipinski definition) is 2. The first-order valence-corrected chi connectivity index (χ1v) is 9.12. The summed E-state index contributed by atoms with van der Waals surface area (Å²) in [5.74, 6) is 0. The first kappa shape index (κ1) is 16.2. The molecule has 0 unspecified atom stereocenters. The molecule has 21 heavy (non-hydrogen) atoms. The predicted molar refractivity (Wildman–Crippen MR) is 87.0 cm³/mol. The number of hydrogen-bond acceptors (Lipinski definition) is 4. The lowest BCUT2D eigenvalue weighted by Crippen LogP contribution is -2.24. The minimum Gasteiger partial charge on any atom is -0.316 e. The average molecular weight is 324 g/mol. The molecule has 0 bridgehead atoms. The highest BCUT2D eigenvalue weighted by atomic mass is 32.2. The molecule has 6 heteroatoms. The molecule has 0 amide bonds. The molecule has 0 aliphatic rings. The lowest BCUT2D eigenvalue weighted by atomic mass is 10.1. The molecule has 1 aromatic carbocycles. The van der Waals surface area contributed by atoms with Crippen LogP contribution < -0.4 is 10.0 Å². The summed E-state index contributed by atoms with van der Waals surface area (Å²) < 4.78 is 27.7. The maximum Gasteiger partial charge on any atom is 0.241 e. The van der Waals surface area contributed by atoms with Crippen molar-refractivity contribution in [1.29, 1.82) is 0 Å². The second kappa shape index (κ2) is 6.70. The maximum absolute atomic E-state index is 12.5. The molecule has 0 saturated heterocycles. The van der Waals surface area contributed by atoms with Crippen LogP contribution in [-0.2, 0) is 23.1 Å². The molecule has 114 valence electrons. The van der Waals surface area contributed by atoms with Gasteiger partial charge in [0.05, 0.1) is 4.90 Å². The Labute approximate surface area is 130 Å². The summed E-state index contributed by atoms with van der Waals surface area (Å²) in [4.78, 5) is 0.350. The van der Waals surface area contributed by atoms with Crippen LogP contribution in [0.15, 0.2) is 33.9 Å². The highest BCUT2D eigenvalue weighted by Crippen LogP contribution is 2.20. The molecule has 1 heterocycles. The fourth-order valence-electron chi connectivity index (χ4n) is 2.15. The molecule has 0 radical (unpaired) electrons. The van der Waals surface area contributed by atoms with Crippen molar-refractivity contribution in [3.8, 4) is 0 Å². The van der Waals surface area contributed by atoms with E-state index in [0.717, 1.165) is 22.3 Å². The van der Waals surface area contributed by atoms with Crippen LogP contribution in [0.25, 0.3) is 0 Å². The summed E-state index contributed by atoms with van der Waals surface area (Å²) in [7, 11) is -1.65. The van der Waals surface area contributed by atoms with Gasteiger partial charge in [0, 0.05) is 13.1 Å². The second-order valence-corrected chi connectivity index (χ2v) is 7.45. The van der Waals surface area contributed by atoms with E-state index in [2.05, 4.69) is 10.0 Å². The quantitative estimate of drug-likeness (QED) is 0.858. The Morgan fingerprint density at radius 3 is 2.48 bits per heavy atom. The standard InChI is InChI=1S/C15H20N2O2S2/c1-11-9-20-10-14(11)8-17-21(18,19)15-6-4-5-13(7-16-3)12(15)2/h4-6,9-10,16-17H,7-8H2,1-3H3. The number of sulfonamides is 1. The van der Waals surface area contributed by atoms with E-state index in [4.69, 9.17) is 0 Å². The highest BCUT2D eigenvalue weighted by Gasteiger charge is 2.18. The van der Waals surface area contributed by atoms with Gasteiger partial charge in [0.1, 0.15) is 0 Å². The topological polar surface area (TPSA) is 58.2 Å². The fourth-order valence-corrected chi connectivity index (χ4v) is 4.30. The van der Waals surface area contributed by atoms with Crippen molar-refractivity contribution < 1.29 is 8.42 Å². The second-order valence-electron chi connectivity index (χ2n) is 4.98. The SMILES string of the molecule is CNCc1cccc(S(=O)(=O)NCc2cscc2C)c1C. The van der Waals surface area contributed by atoms with Crippen molar-refractivity contribution in [3.05, 3.63) is 51.2 Å². The van der Waals surface area contributed by atoms with Gasteiger partial charge in [-0.3, -0.25) is 0 Å². The van der Waals surface area contributed by atoms with Gasteiger partial charge in [-0.05, 0) is 60.0 Å². The van der Waals surface area contributed by atoms with Crippen LogP contribution in [0, 0.1) is 13.8 Å². The third-order valence-corrected chi connectivity index (χ3v) is 5.92. The maximum atomic E-state index is 12.5. The van der Waals surface area contributed by atoms with Gasteiger partial charge in [-0.2, -0.15) is 11.3 Å². The van der Waals surface area contributed by atoms with Crippen LogP contribution in [0.3, 0.4) is 0 Å². The van der Waals surface area contributed by atoms with E-state index in [1.807, 2.05) is 37.7 Å². The number of benzene rings is 1. The summed E-state index contributed by atoms with van der Waals surface area (Å²) in [6.45, 7) is 4.81. The minimum absolute atomic E-state index is 0.327. The Kier molecular flexibility index (Phi) is 5.16. The molecule has 0 aliphatic heterocycles. The molecular formula is C15H20N2O2S2. The van der Waals surface area contributed by atoms with Crippen molar-refractivity contribution >= 4 is 21.4 Å². The number of aryl methyl sites for hydroxylation is 1. The molecule has 0 atom stereocenters. The Morgan fingerprint density at radius 2 is 1.86 bits per heavy atom. The van der Waals surface area contributed by atoms with Crippen LogP contribution in [0.5, 0.6) is 0 Å². The Hall–Kier alpha value is -1.21. The first-order valence-electron chi connectivity index (χ1n) is 6.70. The van der Waals surface area contributed by atoms with E-state index in [0.29, 0.717) is 18.0 Å². The van der Waals surface area contributed by atoms with Gasteiger partial charge in [-0.15, -0.1) is 0 Å². The summed E-state index contributed by atoms with van der Waals surface area (Å²) in [6, 6.07) is 5.37. The predicted octanol–water partition coefficient (Wildman–Crippen LogP) is 2.56. The van der Waals surface area contributed by atoms with Crippen LogP contribution in [-0.4, -0.2) is 15.5 Å². The van der Waals surface area contributed by atoms with Gasteiger partial charge in [-0.25, -0.2) is 13.1 Å². The molecule has 2 aromatic rings. The van der Waals surface area contributed by atoms with E-state index in [-0.39, 0.29) is 0 Å². The monoisotopic (exact) mass is 324 g/mol. The molecule has 1 aromatic heterocycles. The Bertz CT molecular complexity index is 721. The molecule has 0 fully saturated rings. The molecule has 4 nitrogen and oxygen atoms in total. The van der Waals surface area contributed by atoms with Crippen LogP contribution in [0.4, 0.5) is 0 Å². The normalized spacial score (nSPS) is 11.8. The third kappa shape index (κ3) is 3.71. The minimum atomic E-state index is -3.50. The van der Waals surface area contributed by atoms with E-state index >= 15 is 0 Å². The first-order chi connectivity index (χ1) is 9.95. The number of nitrogens with one attached hydrogen (secondary N) is 2. The van der Waals surface area contributed by atoms with E-state index < -0.39 is 10.0 Å². The van der Waals surface area contributed by atoms with Crippen LogP contribution in [0.2, 0.25) is 0 Å². The zero-order valence-corrected chi connectivity index (χ0v) is 14.1. The molecular weight excluding hydrogens is 304 g/mol. The molecule has 0 saturated carbocycles. The zero-order valence-electron chi connectivity index (χ0n) is 12.4. The van der Waals surface area contributed by atoms with Gasteiger partial charge >= 0.3 is 0 Å². The van der Waals surface area contributed by atoms with Gasteiger partial charge < -0.3 is 5.32 Å². The Morgan fingerprint density at radius 1 is 1.10 bits per heavy atom. The summed E-state index contributed by atoms with van der Waals surface area (Å²) in [6.07, 6.45) is 0.